The van der Waals surface area contributed by atoms with Crippen molar-refractivity contribution in [2.24, 2.45) is 0 Å². The van der Waals surface area contributed by atoms with Gasteiger partial charge in [-0.05, 0) is 0 Å². The van der Waals surface area contributed by atoms with Crippen molar-refractivity contribution in [2.75, 3.05) is 0 Å². The van der Waals surface area contributed by atoms with E-state index in [1.54, 1.807) is 0 Å². The average Bonchev–Trinajstić information content (AvgIpc) is 2.05. The molecule has 0 saturated heterocycles. The third kappa shape index (κ3) is 2.81. The summed E-state index contributed by atoms with van der Waals surface area (Å²) in [7, 11) is -41.0. The van der Waals surface area contributed by atoms with Crippen LogP contribution in [0.1, 0.15) is 0 Å². The third-order valence-corrected chi connectivity index (χ3v) is 12.3. The second kappa shape index (κ2) is 5.18. The summed E-state index contributed by atoms with van der Waals surface area (Å²) in [5.41, 5.74) is 0. The van der Waals surface area contributed by atoms with Crippen molar-refractivity contribution in [3.05, 3.63) is 0 Å². The first-order valence-corrected chi connectivity index (χ1v) is 10.9. The van der Waals surface area contributed by atoms with E-state index < -0.39 is 58.8 Å². The number of hydrogen-bond acceptors (Lipinski definition) is 11. The molecule has 0 fully saturated rings. The summed E-state index contributed by atoms with van der Waals surface area (Å²) >= 11 is 0. The second-order valence-electron chi connectivity index (χ2n) is 3.33. The van der Waals surface area contributed by atoms with E-state index in [0.29, 0.717) is 0 Å². The molecule has 1 N–H and O–H groups in total. The van der Waals surface area contributed by atoms with E-state index >= 15 is 0 Å². The minimum Gasteiger partial charge on any atom is -0.355 e. The molecule has 0 unspecified atom stereocenters. The summed E-state index contributed by atoms with van der Waals surface area (Å²) in [6, 6.07) is 0. The van der Waals surface area contributed by atoms with Crippen LogP contribution in [0.25, 0.3) is 0 Å². The molecule has 0 atom stereocenters. The lowest BCUT2D eigenvalue weighted by atomic mass is 10.8. The Morgan fingerprint density at radius 2 is 0.652 bits per heavy atom. The fraction of sp³-hybridized carbons (Fsp3) is 1.00. The summed E-state index contributed by atoms with van der Waals surface area (Å²) in [5, 5.41) is 8.82. The Kier molecular flexibility index (Phi) is 5.03. The van der Waals surface area contributed by atoms with Gasteiger partial charge in [-0.2, -0.15) is 42.1 Å². The quantitative estimate of drug-likeness (QED) is 0.336. The Morgan fingerprint density at radius 1 is 0.478 bits per heavy atom. The van der Waals surface area contributed by atoms with Crippen LogP contribution in [-0.2, 0) is 51.1 Å². The summed E-state index contributed by atoms with van der Waals surface area (Å²) in [6.45, 7) is 0. The van der Waals surface area contributed by atoms with Gasteiger partial charge < -0.3 is 5.11 Å². The molecule has 0 aliphatic carbocycles. The van der Waals surface area contributed by atoms with Gasteiger partial charge in [0, 0.05) is 0 Å². The zero-order valence-corrected chi connectivity index (χ0v) is 13.5. The molecule has 0 rings (SSSR count). The summed E-state index contributed by atoms with van der Waals surface area (Å²) < 4.78 is 155. The first-order chi connectivity index (χ1) is 9.50. The van der Waals surface area contributed by atoms with Crippen molar-refractivity contribution in [1.29, 1.82) is 0 Å². The van der Waals surface area contributed by atoms with Crippen LogP contribution < -0.4 is 0 Å². The molecule has 0 amide bonds. The molecule has 23 heavy (non-hydrogen) atoms. The minimum atomic E-state index is -8.28. The normalized spacial score (nSPS) is 16.3. The van der Waals surface area contributed by atoms with Crippen LogP contribution in [0.2, 0.25) is 0 Å². The lowest BCUT2D eigenvalue weighted by Gasteiger charge is -2.30. The topological polar surface area (TPSA) is 191 Å². The highest BCUT2D eigenvalue weighted by Crippen LogP contribution is 2.50. The summed E-state index contributed by atoms with van der Waals surface area (Å²) in [6.07, 6.45) is 0. The molecule has 0 aromatic heterocycles. The smallest absolute Gasteiger partial charge is 0.355 e. The van der Waals surface area contributed by atoms with Gasteiger partial charge in [-0.1, -0.05) is 0 Å². The van der Waals surface area contributed by atoms with Crippen molar-refractivity contribution in [3.8, 4) is 0 Å². The van der Waals surface area contributed by atoms with Gasteiger partial charge in [-0.3, -0.25) is 0 Å². The van der Waals surface area contributed by atoms with E-state index in [9.17, 15) is 61.5 Å². The Morgan fingerprint density at radius 3 is 0.696 bits per heavy atom. The maximum Gasteiger partial charge on any atom is 0.420 e. The largest absolute Gasteiger partial charge is 0.420 e. The van der Waals surface area contributed by atoms with Crippen molar-refractivity contribution < 1.29 is 66.6 Å². The molecule has 11 nitrogen and oxygen atoms in total. The molecule has 0 spiro atoms. The van der Waals surface area contributed by atoms with Crippen molar-refractivity contribution in [2.45, 2.75) is 7.68 Å². The van der Waals surface area contributed by atoms with Gasteiger partial charge >= 0.3 is 58.8 Å². The Hall–Kier alpha value is -0.640. The first-order valence-electron chi connectivity index (χ1n) is 3.93. The highest BCUT2D eigenvalue weighted by molar-refractivity contribution is 8.24. The molecule has 0 heterocycles. The molecular formula is C2HF5O11S5. The predicted molar refractivity (Wildman–Crippen MR) is 57.8 cm³/mol. The zero-order valence-electron chi connectivity index (χ0n) is 9.46. The lowest BCUT2D eigenvalue weighted by molar-refractivity contribution is 0.184. The molecule has 0 aromatic carbocycles. The molecule has 0 bridgehead atoms. The molecule has 0 aliphatic rings. The van der Waals surface area contributed by atoms with Crippen LogP contribution in [0.3, 0.4) is 0 Å². The van der Waals surface area contributed by atoms with Gasteiger partial charge in [0.15, 0.2) is 0 Å². The van der Waals surface area contributed by atoms with E-state index in [2.05, 4.69) is 0 Å². The van der Waals surface area contributed by atoms with Crippen molar-refractivity contribution >= 4 is 51.1 Å². The Bertz CT molecular complexity index is 917. The van der Waals surface area contributed by atoms with Gasteiger partial charge in [-0.25, -0.2) is 0 Å². The van der Waals surface area contributed by atoms with Crippen LogP contribution >= 0.6 is 0 Å². The van der Waals surface area contributed by atoms with E-state index in [4.69, 9.17) is 5.11 Å². The molecule has 21 heteroatoms. The van der Waals surface area contributed by atoms with E-state index in [-0.39, 0.29) is 0 Å². The van der Waals surface area contributed by atoms with Crippen LogP contribution in [-0.4, -0.2) is 54.9 Å². The van der Waals surface area contributed by atoms with Crippen LogP contribution in [0.5, 0.6) is 0 Å². The summed E-state index contributed by atoms with van der Waals surface area (Å²) in [4.78, 5) is 0. The second-order valence-corrected chi connectivity index (χ2v) is 11.8. The minimum absolute atomic E-state index is 7.14. The molecule has 0 aromatic rings. The number of aliphatic hydroxyl groups is 1. The van der Waals surface area contributed by atoms with Crippen molar-refractivity contribution in [3.63, 3.8) is 0 Å². The first kappa shape index (κ1) is 22.4. The maximum atomic E-state index is 13.0. The number of halogens is 5. The fourth-order valence-corrected chi connectivity index (χ4v) is 10.1. The zero-order chi connectivity index (χ0) is 19.5. The average molecular weight is 456 g/mol. The molecule has 140 valence electrons. The Labute approximate surface area is 125 Å². The van der Waals surface area contributed by atoms with E-state index in [1.165, 1.54) is 0 Å². The van der Waals surface area contributed by atoms with E-state index in [1.807, 2.05) is 0 Å². The highest BCUT2D eigenvalue weighted by Gasteiger charge is 2.90. The fourth-order valence-electron chi connectivity index (χ4n) is 1.24. The van der Waals surface area contributed by atoms with Gasteiger partial charge in [0.05, 0.1) is 0 Å². The molecular weight excluding hydrogens is 455 g/mol. The molecule has 0 radical (unpaired) electrons. The number of hydrogen-bond donors (Lipinski definition) is 1. The molecule has 0 aliphatic heterocycles. The van der Waals surface area contributed by atoms with Gasteiger partial charge in [0.1, 0.15) is 0 Å². The van der Waals surface area contributed by atoms with Gasteiger partial charge in [0.2, 0.25) is 0 Å². The lowest BCUT2D eigenvalue weighted by Crippen LogP contribution is -2.69. The Balaban J connectivity index is 8.35. The number of rotatable bonds is 6. The van der Waals surface area contributed by atoms with Gasteiger partial charge in [0.25, 0.3) is 0 Å². The summed E-state index contributed by atoms with van der Waals surface area (Å²) in [5.74, 6) is 0. The molecule has 0 saturated carbocycles. The highest BCUT2D eigenvalue weighted by atomic mass is 32.4. The van der Waals surface area contributed by atoms with Crippen molar-refractivity contribution in [1.82, 2.24) is 0 Å². The predicted octanol–water partition coefficient (Wildman–Crippen LogP) is -2.22. The monoisotopic (exact) mass is 456 g/mol. The van der Waals surface area contributed by atoms with Crippen LogP contribution in [0.4, 0.5) is 19.4 Å². The van der Waals surface area contributed by atoms with E-state index in [0.717, 1.165) is 0 Å². The van der Waals surface area contributed by atoms with Crippen LogP contribution in [0.15, 0.2) is 0 Å². The third-order valence-electron chi connectivity index (χ3n) is 2.01. The maximum absolute atomic E-state index is 13.0. The van der Waals surface area contributed by atoms with Gasteiger partial charge in [-0.15, -0.1) is 19.4 Å². The SMILES string of the molecule is O=S(=O)(F)C(O)(C(S(=O)(=O)F)(S(=O)(=O)F)S(=O)(=O)F)S(=O)(=O)F. The van der Waals surface area contributed by atoms with Crippen LogP contribution in [0, 0.1) is 0 Å². The standard InChI is InChI=1S/C2HF5O11S5/c3-19(9,10)1(8,20(4,11)12)2(21(5,13)14,22(6,15)16)23(7,17)18/h8H.